The summed E-state index contributed by atoms with van der Waals surface area (Å²) in [5.74, 6) is -1.38. The Bertz CT molecular complexity index is 683. The number of carboxylic acid groups (broad SMARTS) is 1. The Kier molecular flexibility index (Phi) is 5.30. The average molecular weight is 317 g/mol. The van der Waals surface area contributed by atoms with Gasteiger partial charge in [-0.05, 0) is 55.0 Å². The number of amides is 1. The number of benzene rings is 2. The number of carboxylic acids is 1. The maximum Gasteiger partial charge on any atom is 0.335 e. The third kappa shape index (κ3) is 4.54. The molecule has 0 bridgehead atoms. The van der Waals surface area contributed by atoms with E-state index >= 15 is 0 Å². The molecule has 120 valence electrons. The van der Waals surface area contributed by atoms with Gasteiger partial charge in [-0.3, -0.25) is 4.79 Å². The number of halogens is 1. The minimum atomic E-state index is -1.03. The minimum Gasteiger partial charge on any atom is -0.481 e. The van der Waals surface area contributed by atoms with Gasteiger partial charge in [0.15, 0.2) is 6.10 Å². The Labute approximate surface area is 132 Å². The quantitative estimate of drug-likeness (QED) is 0.857. The van der Waals surface area contributed by atoms with Crippen molar-refractivity contribution < 1.29 is 23.8 Å². The molecule has 0 unspecified atom stereocenters. The monoisotopic (exact) mass is 317 g/mol. The highest BCUT2D eigenvalue weighted by Crippen LogP contribution is 2.16. The molecule has 2 N–H and O–H groups in total. The number of carbonyl (C=O) groups is 2. The van der Waals surface area contributed by atoms with E-state index in [4.69, 9.17) is 9.84 Å². The van der Waals surface area contributed by atoms with Crippen LogP contribution in [-0.4, -0.2) is 23.1 Å². The molecule has 1 atom stereocenters. The van der Waals surface area contributed by atoms with Crippen molar-refractivity contribution in [1.82, 2.24) is 0 Å². The highest BCUT2D eigenvalue weighted by molar-refractivity contribution is 5.95. The number of hydrogen-bond donors (Lipinski definition) is 2. The summed E-state index contributed by atoms with van der Waals surface area (Å²) in [5.41, 5.74) is 0.610. The number of nitrogens with one attached hydrogen (secondary N) is 1. The Hall–Kier alpha value is -2.89. The van der Waals surface area contributed by atoms with E-state index < -0.39 is 12.1 Å². The molecule has 2 rings (SSSR count). The van der Waals surface area contributed by atoms with E-state index in [2.05, 4.69) is 5.32 Å². The standard InChI is InChI=1S/C17H16FNO4/c1-2-15(23-14-9-5-12(18)6-10-14)16(20)19-13-7-3-11(4-8-13)17(21)22/h3-10,15H,2H2,1H3,(H,19,20)(H,21,22)/t15-/m0/s1. The fraction of sp³-hybridized carbons (Fsp3) is 0.176. The Morgan fingerprint density at radius 2 is 1.74 bits per heavy atom. The van der Waals surface area contributed by atoms with Crippen LogP contribution in [0.5, 0.6) is 5.75 Å². The van der Waals surface area contributed by atoms with Crippen LogP contribution in [0, 0.1) is 5.82 Å². The van der Waals surface area contributed by atoms with E-state index in [1.807, 2.05) is 0 Å². The number of ether oxygens (including phenoxy) is 1. The zero-order valence-corrected chi connectivity index (χ0v) is 12.5. The van der Waals surface area contributed by atoms with Crippen molar-refractivity contribution >= 4 is 17.6 Å². The summed E-state index contributed by atoms with van der Waals surface area (Å²) in [4.78, 5) is 23.0. The number of anilines is 1. The van der Waals surface area contributed by atoms with Crippen LogP contribution in [0.15, 0.2) is 48.5 Å². The van der Waals surface area contributed by atoms with Crippen molar-refractivity contribution in [3.05, 3.63) is 59.9 Å². The summed E-state index contributed by atoms with van der Waals surface area (Å²) in [7, 11) is 0. The third-order valence-corrected chi connectivity index (χ3v) is 3.15. The molecular formula is C17H16FNO4. The van der Waals surface area contributed by atoms with E-state index in [1.165, 1.54) is 48.5 Å². The summed E-state index contributed by atoms with van der Waals surface area (Å²) in [5, 5.41) is 11.5. The SMILES string of the molecule is CC[C@H](Oc1ccc(F)cc1)C(=O)Nc1ccc(C(=O)O)cc1. The molecule has 5 nitrogen and oxygen atoms in total. The predicted octanol–water partition coefficient (Wildman–Crippen LogP) is 3.32. The lowest BCUT2D eigenvalue weighted by Gasteiger charge is -2.17. The molecule has 0 saturated heterocycles. The molecule has 0 spiro atoms. The van der Waals surface area contributed by atoms with Gasteiger partial charge in [0.05, 0.1) is 5.56 Å². The first kappa shape index (κ1) is 16.5. The van der Waals surface area contributed by atoms with E-state index in [9.17, 15) is 14.0 Å². The van der Waals surface area contributed by atoms with Crippen LogP contribution in [0.25, 0.3) is 0 Å². The number of hydrogen-bond acceptors (Lipinski definition) is 3. The van der Waals surface area contributed by atoms with Crippen molar-refractivity contribution in [3.8, 4) is 5.75 Å². The molecular weight excluding hydrogens is 301 g/mol. The fourth-order valence-corrected chi connectivity index (χ4v) is 1.92. The van der Waals surface area contributed by atoms with Crippen LogP contribution in [0.1, 0.15) is 23.7 Å². The molecule has 0 aliphatic rings. The second-order valence-electron chi connectivity index (χ2n) is 4.84. The van der Waals surface area contributed by atoms with Crippen LogP contribution < -0.4 is 10.1 Å². The maximum absolute atomic E-state index is 12.9. The Morgan fingerprint density at radius 3 is 2.26 bits per heavy atom. The highest BCUT2D eigenvalue weighted by atomic mass is 19.1. The van der Waals surface area contributed by atoms with Crippen molar-refractivity contribution in [3.63, 3.8) is 0 Å². The molecule has 1 amide bonds. The molecule has 2 aromatic carbocycles. The lowest BCUT2D eigenvalue weighted by atomic mass is 10.2. The molecule has 23 heavy (non-hydrogen) atoms. The molecule has 0 fully saturated rings. The predicted molar refractivity (Wildman–Crippen MR) is 83.1 cm³/mol. The number of aromatic carboxylic acids is 1. The van der Waals surface area contributed by atoms with Crippen LogP contribution in [0.2, 0.25) is 0 Å². The van der Waals surface area contributed by atoms with Crippen LogP contribution >= 0.6 is 0 Å². The number of rotatable bonds is 6. The summed E-state index contributed by atoms with van der Waals surface area (Å²) in [6, 6.07) is 11.2. The van der Waals surface area contributed by atoms with Gasteiger partial charge in [0.1, 0.15) is 11.6 Å². The van der Waals surface area contributed by atoms with Gasteiger partial charge in [0.25, 0.3) is 5.91 Å². The van der Waals surface area contributed by atoms with Crippen LogP contribution in [-0.2, 0) is 4.79 Å². The van der Waals surface area contributed by atoms with Gasteiger partial charge in [-0.15, -0.1) is 0 Å². The zero-order valence-electron chi connectivity index (χ0n) is 12.5. The summed E-state index contributed by atoms with van der Waals surface area (Å²) in [6.07, 6.45) is -0.309. The van der Waals surface area contributed by atoms with Gasteiger partial charge in [0.2, 0.25) is 0 Å². The van der Waals surface area contributed by atoms with Gasteiger partial charge in [-0.2, -0.15) is 0 Å². The zero-order chi connectivity index (χ0) is 16.8. The fourth-order valence-electron chi connectivity index (χ4n) is 1.92. The minimum absolute atomic E-state index is 0.137. The second kappa shape index (κ2) is 7.40. The van der Waals surface area contributed by atoms with E-state index in [0.29, 0.717) is 17.9 Å². The van der Waals surface area contributed by atoms with Crippen molar-refractivity contribution in [2.75, 3.05) is 5.32 Å². The first-order valence-electron chi connectivity index (χ1n) is 7.06. The van der Waals surface area contributed by atoms with Gasteiger partial charge in [-0.25, -0.2) is 9.18 Å². The second-order valence-corrected chi connectivity index (χ2v) is 4.84. The van der Waals surface area contributed by atoms with Crippen molar-refractivity contribution in [1.29, 1.82) is 0 Å². The third-order valence-electron chi connectivity index (χ3n) is 3.15. The molecule has 6 heteroatoms. The first-order chi connectivity index (χ1) is 11.0. The molecule has 0 saturated carbocycles. The van der Waals surface area contributed by atoms with Crippen LogP contribution in [0.4, 0.5) is 10.1 Å². The summed E-state index contributed by atoms with van der Waals surface area (Å²) < 4.78 is 18.4. The molecule has 0 aliphatic heterocycles. The Balaban J connectivity index is 2.01. The highest BCUT2D eigenvalue weighted by Gasteiger charge is 2.18. The van der Waals surface area contributed by atoms with Crippen molar-refractivity contribution in [2.45, 2.75) is 19.4 Å². The van der Waals surface area contributed by atoms with Gasteiger partial charge >= 0.3 is 5.97 Å². The normalized spacial score (nSPS) is 11.6. The lowest BCUT2D eigenvalue weighted by Crippen LogP contribution is -2.32. The average Bonchev–Trinajstić information content (AvgIpc) is 2.54. The van der Waals surface area contributed by atoms with E-state index in [0.717, 1.165) is 0 Å². The van der Waals surface area contributed by atoms with Gasteiger partial charge in [0, 0.05) is 5.69 Å². The molecule has 0 radical (unpaired) electrons. The lowest BCUT2D eigenvalue weighted by molar-refractivity contribution is -0.122. The van der Waals surface area contributed by atoms with E-state index in [-0.39, 0.29) is 17.3 Å². The number of carbonyl (C=O) groups excluding carboxylic acids is 1. The summed E-state index contributed by atoms with van der Waals surface area (Å²) in [6.45, 7) is 1.79. The maximum atomic E-state index is 12.9. The molecule has 0 heterocycles. The van der Waals surface area contributed by atoms with Gasteiger partial charge < -0.3 is 15.2 Å². The smallest absolute Gasteiger partial charge is 0.335 e. The largest absolute Gasteiger partial charge is 0.481 e. The van der Waals surface area contributed by atoms with Crippen molar-refractivity contribution in [2.24, 2.45) is 0 Å². The first-order valence-corrected chi connectivity index (χ1v) is 7.06. The van der Waals surface area contributed by atoms with Crippen LogP contribution in [0.3, 0.4) is 0 Å². The summed E-state index contributed by atoms with van der Waals surface area (Å²) >= 11 is 0. The molecule has 2 aromatic rings. The Morgan fingerprint density at radius 1 is 1.13 bits per heavy atom. The topological polar surface area (TPSA) is 75.6 Å². The molecule has 0 aliphatic carbocycles. The van der Waals surface area contributed by atoms with Gasteiger partial charge in [-0.1, -0.05) is 6.92 Å². The molecule has 0 aromatic heterocycles. The van der Waals surface area contributed by atoms with E-state index in [1.54, 1.807) is 6.92 Å².